The van der Waals surface area contributed by atoms with E-state index >= 15 is 0 Å². The molecule has 0 spiro atoms. The fourth-order valence-electron chi connectivity index (χ4n) is 1.78. The molecule has 16 heteroatoms. The van der Waals surface area contributed by atoms with Gasteiger partial charge in [-0.25, -0.2) is 10.2 Å². The van der Waals surface area contributed by atoms with E-state index in [-0.39, 0.29) is 32.3 Å². The van der Waals surface area contributed by atoms with Crippen molar-refractivity contribution < 1.29 is 56.6 Å². The third-order valence-electron chi connectivity index (χ3n) is 3.10. The minimum atomic E-state index is -4.79. The summed E-state index contributed by atoms with van der Waals surface area (Å²) >= 11 is 0. The molecule has 0 saturated carbocycles. The summed E-state index contributed by atoms with van der Waals surface area (Å²) in [4.78, 5) is 56.5. The maximum absolute atomic E-state index is 11.7. The molecule has 0 heterocycles. The number of hydrogen-bond donors (Lipinski definition) is 2. The Labute approximate surface area is 197 Å². The fourth-order valence-corrected chi connectivity index (χ4v) is 2.52. The van der Waals surface area contributed by atoms with Crippen molar-refractivity contribution in [3.63, 3.8) is 0 Å². The molecule has 0 aliphatic rings. The second kappa shape index (κ2) is 17.8. The first-order chi connectivity index (χ1) is 15.9. The first-order valence-corrected chi connectivity index (χ1v) is 11.6. The number of alkyl carbamates (subject to hydrolysis) is 1. The number of ether oxygens (including phenoxy) is 4. The van der Waals surface area contributed by atoms with Crippen molar-refractivity contribution in [3.05, 3.63) is 0 Å². The van der Waals surface area contributed by atoms with E-state index in [0.717, 1.165) is 13.8 Å². The third-order valence-corrected chi connectivity index (χ3v) is 4.06. The minimum absolute atomic E-state index is 0.0499. The first kappa shape index (κ1) is 31.4. The fraction of sp³-hybridized carbons (Fsp3) is 0.722. The van der Waals surface area contributed by atoms with E-state index in [2.05, 4.69) is 29.6 Å². The summed E-state index contributed by atoms with van der Waals surface area (Å²) in [6.07, 6.45) is -0.462. The average molecular weight is 512 g/mol. The Bertz CT molecular complexity index is 731. The van der Waals surface area contributed by atoms with Crippen LogP contribution in [0.25, 0.3) is 0 Å². The standard InChI is InChI=1S/C18H32N3O12P/c1-13(2)9-20-21-17(24)12-28-7-8-29-18(25)19-5-6-31-34(26,27)32-11-16(33-15(4)23)10-30-14(3)22/h9,13,16H,5-8,10-12H2,1-4H3,(H,19,25)(H,21,24)(H,26,27)/p-1/b20-9+/t16-/m1/s1. The molecule has 34 heavy (non-hydrogen) atoms. The highest BCUT2D eigenvalue weighted by Gasteiger charge is 2.19. The lowest BCUT2D eigenvalue weighted by Crippen LogP contribution is -2.31. The van der Waals surface area contributed by atoms with Gasteiger partial charge < -0.3 is 38.2 Å². The number of amides is 2. The quantitative estimate of drug-likeness (QED) is 0.0632. The number of esters is 2. The Kier molecular flexibility index (Phi) is 16.5. The van der Waals surface area contributed by atoms with Crippen molar-refractivity contribution in [1.82, 2.24) is 10.7 Å². The van der Waals surface area contributed by atoms with E-state index in [1.54, 1.807) is 6.21 Å². The second-order valence-electron chi connectivity index (χ2n) is 6.78. The first-order valence-electron chi connectivity index (χ1n) is 10.1. The number of carbonyl (C=O) groups excluding carboxylic acids is 4. The van der Waals surface area contributed by atoms with Gasteiger partial charge in [0.15, 0.2) is 6.10 Å². The van der Waals surface area contributed by atoms with Crippen molar-refractivity contribution >= 4 is 38.0 Å². The van der Waals surface area contributed by atoms with Gasteiger partial charge in [-0.2, -0.15) is 5.10 Å². The Hall–Kier alpha value is -2.58. The highest BCUT2D eigenvalue weighted by Crippen LogP contribution is 2.38. The molecule has 0 fully saturated rings. The van der Waals surface area contributed by atoms with Crippen molar-refractivity contribution in [3.8, 4) is 0 Å². The second-order valence-corrected chi connectivity index (χ2v) is 8.19. The van der Waals surface area contributed by atoms with Crippen molar-refractivity contribution in [2.24, 2.45) is 11.0 Å². The largest absolute Gasteiger partial charge is 0.756 e. The number of carbonyl (C=O) groups is 4. The summed E-state index contributed by atoms with van der Waals surface area (Å²) in [5.41, 5.74) is 2.27. The molecule has 15 nitrogen and oxygen atoms in total. The van der Waals surface area contributed by atoms with Gasteiger partial charge in [0.1, 0.15) is 19.8 Å². The summed E-state index contributed by atoms with van der Waals surface area (Å²) in [6, 6.07) is 0. The van der Waals surface area contributed by atoms with Gasteiger partial charge in [-0.15, -0.1) is 0 Å². The molecule has 0 saturated heterocycles. The molecule has 0 bridgehead atoms. The van der Waals surface area contributed by atoms with Gasteiger partial charge in [0.2, 0.25) is 0 Å². The lowest BCUT2D eigenvalue weighted by Gasteiger charge is -2.25. The van der Waals surface area contributed by atoms with E-state index in [1.165, 1.54) is 0 Å². The predicted molar refractivity (Wildman–Crippen MR) is 113 cm³/mol. The Morgan fingerprint density at radius 1 is 1.00 bits per heavy atom. The van der Waals surface area contributed by atoms with Crippen molar-refractivity contribution in [2.75, 3.05) is 46.2 Å². The highest BCUT2D eigenvalue weighted by atomic mass is 31.2. The van der Waals surface area contributed by atoms with Crippen LogP contribution in [0.2, 0.25) is 0 Å². The van der Waals surface area contributed by atoms with E-state index in [1.807, 2.05) is 13.8 Å². The maximum atomic E-state index is 11.7. The number of nitrogens with zero attached hydrogens (tertiary/aromatic N) is 1. The molecular weight excluding hydrogens is 481 g/mol. The van der Waals surface area contributed by atoms with Gasteiger partial charge in [0.05, 0.1) is 19.8 Å². The van der Waals surface area contributed by atoms with Gasteiger partial charge in [-0.05, 0) is 5.92 Å². The van der Waals surface area contributed by atoms with Crippen LogP contribution in [-0.4, -0.2) is 82.4 Å². The predicted octanol–water partition coefficient (Wildman–Crippen LogP) is -0.516. The van der Waals surface area contributed by atoms with Crippen LogP contribution in [-0.2, 0) is 46.9 Å². The third kappa shape index (κ3) is 20.1. The van der Waals surface area contributed by atoms with Crippen LogP contribution in [0.1, 0.15) is 27.7 Å². The summed E-state index contributed by atoms with van der Waals surface area (Å²) in [5.74, 6) is -1.66. The zero-order valence-corrected chi connectivity index (χ0v) is 20.4. The van der Waals surface area contributed by atoms with Gasteiger partial charge in [0.25, 0.3) is 13.7 Å². The van der Waals surface area contributed by atoms with Gasteiger partial charge in [-0.3, -0.25) is 18.9 Å². The zero-order chi connectivity index (χ0) is 26.0. The van der Waals surface area contributed by atoms with E-state index in [4.69, 9.17) is 14.2 Å². The van der Waals surface area contributed by atoms with Gasteiger partial charge in [-0.1, -0.05) is 13.8 Å². The summed E-state index contributed by atoms with van der Waals surface area (Å²) in [5, 5.41) is 5.94. The van der Waals surface area contributed by atoms with Crippen LogP contribution < -0.4 is 15.6 Å². The van der Waals surface area contributed by atoms with E-state index < -0.39 is 57.7 Å². The molecule has 0 aliphatic carbocycles. The number of phosphoric acid groups is 1. The molecule has 0 radical (unpaired) electrons. The van der Waals surface area contributed by atoms with Crippen LogP contribution >= 0.6 is 7.82 Å². The molecule has 0 aromatic heterocycles. The monoisotopic (exact) mass is 512 g/mol. The molecule has 2 N–H and O–H groups in total. The van der Waals surface area contributed by atoms with E-state index in [0.29, 0.717) is 0 Å². The molecule has 0 aliphatic heterocycles. The number of nitrogens with one attached hydrogen (secondary N) is 2. The Morgan fingerprint density at radius 3 is 2.32 bits per heavy atom. The van der Waals surface area contributed by atoms with Crippen molar-refractivity contribution in [2.45, 2.75) is 33.8 Å². The summed E-state index contributed by atoms with van der Waals surface area (Å²) in [6.45, 7) is 3.80. The molecule has 0 aromatic carbocycles. The van der Waals surface area contributed by atoms with Gasteiger partial charge in [0, 0.05) is 26.6 Å². The smallest absolute Gasteiger partial charge is 0.407 e. The Morgan fingerprint density at radius 2 is 1.71 bits per heavy atom. The molecule has 1 unspecified atom stereocenters. The zero-order valence-electron chi connectivity index (χ0n) is 19.5. The minimum Gasteiger partial charge on any atom is -0.756 e. The van der Waals surface area contributed by atoms with Crippen LogP contribution in [0.3, 0.4) is 0 Å². The molecule has 196 valence electrons. The van der Waals surface area contributed by atoms with Crippen molar-refractivity contribution in [1.29, 1.82) is 0 Å². The molecular formula is C18H31N3O12P-. The summed E-state index contributed by atoms with van der Waals surface area (Å²) in [7, 11) is -4.79. The molecule has 2 amide bonds. The molecule has 2 atom stereocenters. The highest BCUT2D eigenvalue weighted by molar-refractivity contribution is 7.45. The summed E-state index contributed by atoms with van der Waals surface area (Å²) < 4.78 is 40.1. The Balaban J connectivity index is 3.98. The van der Waals surface area contributed by atoms with Gasteiger partial charge >= 0.3 is 18.0 Å². The number of phosphoric ester groups is 1. The lowest BCUT2D eigenvalue weighted by atomic mass is 10.3. The molecule has 0 rings (SSSR count). The maximum Gasteiger partial charge on any atom is 0.407 e. The van der Waals surface area contributed by atoms with Crippen LogP contribution in [0, 0.1) is 5.92 Å². The number of rotatable bonds is 17. The van der Waals surface area contributed by atoms with Crippen LogP contribution in [0.5, 0.6) is 0 Å². The SMILES string of the molecule is CC(=O)OC[C@H](COP(=O)([O-])OCCNC(=O)OCCOCC(=O)N/N=C/C(C)C)OC(C)=O. The number of hydrogen-bond acceptors (Lipinski definition) is 13. The normalized spacial score (nSPS) is 13.7. The number of hydrazone groups is 1. The topological polar surface area (TPSA) is 200 Å². The van der Waals surface area contributed by atoms with Crippen LogP contribution in [0.4, 0.5) is 4.79 Å². The molecule has 0 aromatic rings. The lowest BCUT2D eigenvalue weighted by molar-refractivity contribution is -0.228. The average Bonchev–Trinajstić information content (AvgIpc) is 2.72. The van der Waals surface area contributed by atoms with E-state index in [9.17, 15) is 28.6 Å². The van der Waals surface area contributed by atoms with Crippen LogP contribution in [0.15, 0.2) is 5.10 Å².